The third-order valence-corrected chi connectivity index (χ3v) is 3.77. The molecule has 20 heavy (non-hydrogen) atoms. The lowest BCUT2D eigenvalue weighted by atomic mass is 9.95. The molecule has 1 aromatic carbocycles. The summed E-state index contributed by atoms with van der Waals surface area (Å²) in [6.07, 6.45) is 0.680. The van der Waals surface area contributed by atoms with E-state index in [1.165, 1.54) is 7.11 Å². The molecule has 2 amide bonds. The fourth-order valence-electron chi connectivity index (χ4n) is 2.56. The van der Waals surface area contributed by atoms with Gasteiger partial charge in [0.2, 0.25) is 5.91 Å². The van der Waals surface area contributed by atoms with Gasteiger partial charge >= 0.3 is 0 Å². The van der Waals surface area contributed by atoms with Crippen molar-refractivity contribution in [2.45, 2.75) is 18.9 Å². The number of carbonyl (C=O) groups is 2. The Bertz CT molecular complexity index is 467. The molecule has 0 aliphatic carbocycles. The Hall–Kier alpha value is -1.88. The number of likely N-dealkylation sites (tertiary alicyclic amines) is 1. The Balaban J connectivity index is 2.02. The van der Waals surface area contributed by atoms with Crippen molar-refractivity contribution in [3.8, 4) is 0 Å². The van der Waals surface area contributed by atoms with Crippen molar-refractivity contribution in [1.82, 2.24) is 4.90 Å². The van der Waals surface area contributed by atoms with Gasteiger partial charge in [-0.25, -0.2) is 0 Å². The van der Waals surface area contributed by atoms with Crippen LogP contribution < -0.4 is 5.73 Å². The van der Waals surface area contributed by atoms with E-state index < -0.39 is 6.10 Å². The lowest BCUT2D eigenvalue weighted by Gasteiger charge is -2.32. The van der Waals surface area contributed by atoms with Crippen molar-refractivity contribution in [2.24, 2.45) is 11.7 Å². The van der Waals surface area contributed by atoms with E-state index in [1.54, 1.807) is 4.90 Å². The maximum Gasteiger partial charge on any atom is 0.256 e. The van der Waals surface area contributed by atoms with Gasteiger partial charge in [-0.3, -0.25) is 9.59 Å². The molecule has 0 aromatic heterocycles. The van der Waals surface area contributed by atoms with Crippen LogP contribution in [0.2, 0.25) is 0 Å². The molecule has 0 radical (unpaired) electrons. The Morgan fingerprint density at radius 1 is 1.25 bits per heavy atom. The van der Waals surface area contributed by atoms with E-state index in [4.69, 9.17) is 10.5 Å². The molecule has 5 heteroatoms. The molecule has 1 aliphatic rings. The van der Waals surface area contributed by atoms with Crippen LogP contribution in [0.4, 0.5) is 0 Å². The topological polar surface area (TPSA) is 72.6 Å². The first-order valence-corrected chi connectivity index (χ1v) is 6.79. The van der Waals surface area contributed by atoms with E-state index in [0.717, 1.165) is 5.56 Å². The predicted octanol–water partition coefficient (Wildman–Crippen LogP) is 1.10. The number of hydrogen-bond acceptors (Lipinski definition) is 3. The maximum absolute atomic E-state index is 12.5. The summed E-state index contributed by atoms with van der Waals surface area (Å²) in [5.41, 5.74) is 6.14. The number of benzene rings is 1. The average molecular weight is 276 g/mol. The summed E-state index contributed by atoms with van der Waals surface area (Å²) in [4.78, 5) is 25.4. The number of amides is 2. The summed E-state index contributed by atoms with van der Waals surface area (Å²) in [6, 6.07) is 9.42. The lowest BCUT2D eigenvalue weighted by molar-refractivity contribution is -0.145. The van der Waals surface area contributed by atoms with Crippen LogP contribution in [0.1, 0.15) is 24.5 Å². The van der Waals surface area contributed by atoms with Crippen LogP contribution in [0, 0.1) is 5.92 Å². The van der Waals surface area contributed by atoms with Gasteiger partial charge in [-0.05, 0) is 18.4 Å². The lowest BCUT2D eigenvalue weighted by Crippen LogP contribution is -2.44. The number of nitrogens with zero attached hydrogens (tertiary/aromatic N) is 1. The third-order valence-electron chi connectivity index (χ3n) is 3.77. The molecular formula is C15H20N2O3. The van der Waals surface area contributed by atoms with Gasteiger partial charge < -0.3 is 15.4 Å². The highest BCUT2D eigenvalue weighted by molar-refractivity contribution is 5.83. The molecular weight excluding hydrogens is 256 g/mol. The number of piperidine rings is 1. The second-order valence-electron chi connectivity index (χ2n) is 5.03. The molecule has 1 fully saturated rings. The Kier molecular flexibility index (Phi) is 4.74. The van der Waals surface area contributed by atoms with E-state index in [1.807, 2.05) is 30.3 Å². The first-order valence-electron chi connectivity index (χ1n) is 6.79. The van der Waals surface area contributed by atoms with Gasteiger partial charge in [-0.2, -0.15) is 0 Å². The molecule has 1 aliphatic heterocycles. The van der Waals surface area contributed by atoms with E-state index in [-0.39, 0.29) is 17.7 Å². The maximum atomic E-state index is 12.5. The molecule has 2 N–H and O–H groups in total. The van der Waals surface area contributed by atoms with Crippen molar-refractivity contribution in [3.05, 3.63) is 35.9 Å². The minimum absolute atomic E-state index is 0.0541. The third kappa shape index (κ3) is 3.17. The van der Waals surface area contributed by atoms with Gasteiger partial charge in [0.05, 0.1) is 0 Å². The number of methoxy groups -OCH3 is 1. The van der Waals surface area contributed by atoms with E-state index >= 15 is 0 Å². The fraction of sp³-hybridized carbons (Fsp3) is 0.467. The van der Waals surface area contributed by atoms with Crippen molar-refractivity contribution < 1.29 is 14.3 Å². The Morgan fingerprint density at radius 3 is 2.35 bits per heavy atom. The molecule has 0 saturated carbocycles. The van der Waals surface area contributed by atoms with Gasteiger partial charge in [0.15, 0.2) is 6.10 Å². The molecule has 5 nitrogen and oxygen atoms in total. The standard InChI is InChI=1S/C15H20N2O3/c1-20-13(11-5-3-2-4-6-11)15(19)17-9-7-12(8-10-17)14(16)18/h2-6,12-13H,7-10H2,1H3,(H2,16,18)/t13-/m1/s1. The molecule has 1 saturated heterocycles. The highest BCUT2D eigenvalue weighted by Gasteiger charge is 2.30. The summed E-state index contributed by atoms with van der Waals surface area (Å²) in [6.45, 7) is 1.11. The summed E-state index contributed by atoms with van der Waals surface area (Å²) >= 11 is 0. The largest absolute Gasteiger partial charge is 0.369 e. The number of primary amides is 1. The van der Waals surface area contributed by atoms with Gasteiger partial charge in [-0.1, -0.05) is 30.3 Å². The van der Waals surface area contributed by atoms with Crippen LogP contribution in [-0.4, -0.2) is 36.9 Å². The summed E-state index contributed by atoms with van der Waals surface area (Å²) in [5.74, 6) is -0.443. The SMILES string of the molecule is CO[C@@H](C(=O)N1CCC(C(N)=O)CC1)c1ccccc1. The van der Waals surface area contributed by atoms with Crippen LogP contribution in [0.15, 0.2) is 30.3 Å². The van der Waals surface area contributed by atoms with E-state index in [2.05, 4.69) is 0 Å². The molecule has 1 atom stereocenters. The summed E-state index contributed by atoms with van der Waals surface area (Å²) in [7, 11) is 1.53. The van der Waals surface area contributed by atoms with E-state index in [9.17, 15) is 9.59 Å². The number of hydrogen-bond donors (Lipinski definition) is 1. The smallest absolute Gasteiger partial charge is 0.256 e. The Labute approximate surface area is 118 Å². The second kappa shape index (κ2) is 6.52. The van der Waals surface area contributed by atoms with Gasteiger partial charge in [0, 0.05) is 26.1 Å². The zero-order valence-corrected chi connectivity index (χ0v) is 11.6. The highest BCUT2D eigenvalue weighted by Crippen LogP contribution is 2.23. The normalized spacial score (nSPS) is 17.8. The zero-order valence-electron chi connectivity index (χ0n) is 11.6. The van der Waals surface area contributed by atoms with Crippen LogP contribution in [0.5, 0.6) is 0 Å². The zero-order chi connectivity index (χ0) is 14.5. The van der Waals surface area contributed by atoms with Crippen molar-refractivity contribution in [2.75, 3.05) is 20.2 Å². The molecule has 2 rings (SSSR count). The monoisotopic (exact) mass is 276 g/mol. The minimum Gasteiger partial charge on any atom is -0.369 e. The van der Waals surface area contributed by atoms with Crippen LogP contribution in [0.25, 0.3) is 0 Å². The van der Waals surface area contributed by atoms with Crippen molar-refractivity contribution in [1.29, 1.82) is 0 Å². The minimum atomic E-state index is -0.582. The number of nitrogens with two attached hydrogens (primary N) is 1. The van der Waals surface area contributed by atoms with Gasteiger partial charge in [-0.15, -0.1) is 0 Å². The molecule has 0 spiro atoms. The van der Waals surface area contributed by atoms with Crippen molar-refractivity contribution in [3.63, 3.8) is 0 Å². The van der Waals surface area contributed by atoms with Gasteiger partial charge in [0.25, 0.3) is 5.91 Å². The van der Waals surface area contributed by atoms with E-state index in [0.29, 0.717) is 25.9 Å². The fourth-order valence-corrected chi connectivity index (χ4v) is 2.56. The second-order valence-corrected chi connectivity index (χ2v) is 5.03. The average Bonchev–Trinajstić information content (AvgIpc) is 2.49. The molecule has 1 aromatic rings. The van der Waals surface area contributed by atoms with Crippen LogP contribution in [0.3, 0.4) is 0 Å². The number of carbonyl (C=O) groups excluding carboxylic acids is 2. The van der Waals surface area contributed by atoms with Crippen molar-refractivity contribution >= 4 is 11.8 Å². The Morgan fingerprint density at radius 2 is 1.85 bits per heavy atom. The summed E-state index contributed by atoms with van der Waals surface area (Å²) < 4.78 is 5.34. The highest BCUT2D eigenvalue weighted by atomic mass is 16.5. The van der Waals surface area contributed by atoms with Crippen LogP contribution in [-0.2, 0) is 14.3 Å². The first kappa shape index (κ1) is 14.5. The quantitative estimate of drug-likeness (QED) is 0.895. The number of rotatable bonds is 4. The molecule has 108 valence electrons. The molecule has 0 bridgehead atoms. The predicted molar refractivity (Wildman–Crippen MR) is 74.7 cm³/mol. The summed E-state index contributed by atoms with van der Waals surface area (Å²) in [5, 5.41) is 0. The van der Waals surface area contributed by atoms with Crippen LogP contribution >= 0.6 is 0 Å². The first-order chi connectivity index (χ1) is 9.63. The van der Waals surface area contributed by atoms with Gasteiger partial charge in [0.1, 0.15) is 0 Å². The number of ether oxygens (including phenoxy) is 1. The molecule has 1 heterocycles. The molecule has 0 unspecified atom stereocenters.